The smallest absolute Gasteiger partial charge is 0.346 e. The van der Waals surface area contributed by atoms with Crippen LogP contribution in [0.5, 0.6) is 0 Å². The largest absolute Gasteiger partial charge is 0.386 e. The number of nitrogens with two attached hydrogens (primary N) is 2. The molecule has 0 amide bonds. The molecule has 0 atom stereocenters. The molecule has 0 fully saturated rings. The van der Waals surface area contributed by atoms with Gasteiger partial charge in [-0.25, -0.2) is 19.6 Å². The normalized spacial score (nSPS) is 10.3. The third-order valence-electron chi connectivity index (χ3n) is 4.81. The number of benzene rings is 4. The highest BCUT2D eigenvalue weighted by Crippen LogP contribution is 2.22. The molecular weight excluding hydrogens is 418 g/mol. The van der Waals surface area contributed by atoms with E-state index in [1.807, 2.05) is 60.7 Å². The zero-order valence-corrected chi connectivity index (χ0v) is 17.4. The Morgan fingerprint density at radius 1 is 0.606 bits per heavy atom. The predicted octanol–water partition coefficient (Wildman–Crippen LogP) is 4.03. The van der Waals surface area contributed by atoms with E-state index in [4.69, 9.17) is 16.2 Å². The lowest BCUT2D eigenvalue weighted by Gasteiger charge is -2.08. The van der Waals surface area contributed by atoms with Crippen LogP contribution in [0.25, 0.3) is 21.5 Å². The fourth-order valence-electron chi connectivity index (χ4n) is 3.32. The molecule has 1 heterocycles. The molecule has 0 unspecified atom stereocenters. The summed E-state index contributed by atoms with van der Waals surface area (Å²) in [4.78, 5) is 35.6. The quantitative estimate of drug-likeness (QED) is 0.312. The molecular formula is C25H19N5O3. The van der Waals surface area contributed by atoms with Gasteiger partial charge in [-0.2, -0.15) is 4.98 Å². The van der Waals surface area contributed by atoms with Gasteiger partial charge in [-0.15, -0.1) is 0 Å². The third-order valence-corrected chi connectivity index (χ3v) is 4.81. The number of carbonyl (C=O) groups excluding carboxylic acids is 2. The van der Waals surface area contributed by atoms with Gasteiger partial charge in [-0.05, 0) is 33.7 Å². The number of nitrogen functional groups attached to an aromatic ring is 2. The summed E-state index contributed by atoms with van der Waals surface area (Å²) in [5.74, 6) is -0.987. The van der Waals surface area contributed by atoms with Crippen LogP contribution in [-0.4, -0.2) is 26.9 Å². The van der Waals surface area contributed by atoms with E-state index in [-0.39, 0.29) is 11.9 Å². The molecule has 0 aliphatic rings. The number of fused-ring (bicyclic) bond motifs is 2. The third kappa shape index (κ3) is 4.91. The molecule has 0 radical (unpaired) electrons. The van der Waals surface area contributed by atoms with Gasteiger partial charge in [0.2, 0.25) is 11.9 Å². The first-order chi connectivity index (χ1) is 16.0. The minimum atomic E-state index is -0.644. The molecule has 5 aromatic rings. The number of hydrogen-bond acceptors (Lipinski definition) is 8. The number of hydrogen-bond donors (Lipinski definition) is 2. The maximum atomic E-state index is 12.5. The second kappa shape index (κ2) is 9.52. The van der Waals surface area contributed by atoms with E-state index in [2.05, 4.69) is 15.0 Å². The summed E-state index contributed by atoms with van der Waals surface area (Å²) in [7, 11) is 0. The first-order valence-electron chi connectivity index (χ1n) is 9.95. The topological polar surface area (TPSA) is 134 Å². The Bertz CT molecular complexity index is 1350. The minimum absolute atomic E-state index is 0.150. The molecule has 0 bridgehead atoms. The molecule has 4 aromatic carbocycles. The van der Waals surface area contributed by atoms with Crippen molar-refractivity contribution in [1.29, 1.82) is 0 Å². The van der Waals surface area contributed by atoms with Gasteiger partial charge < -0.3 is 16.2 Å². The van der Waals surface area contributed by atoms with Crippen molar-refractivity contribution in [3.63, 3.8) is 0 Å². The van der Waals surface area contributed by atoms with E-state index < -0.39 is 11.9 Å². The van der Waals surface area contributed by atoms with Crippen LogP contribution in [-0.2, 0) is 4.74 Å². The minimum Gasteiger partial charge on any atom is -0.386 e. The van der Waals surface area contributed by atoms with Crippen LogP contribution in [0.2, 0.25) is 0 Å². The standard InChI is InChI=1S/C22H14O3.C3H5N5/c23-21(19-13-5-9-15-7-1-3-11-17(15)19)25-22(24)20-14-6-10-16-8-2-4-12-18(16)20;4-2-6-1-7-3(5)8-2/h1-14H;1H,(H4,4,5,6,7,8). The molecule has 162 valence electrons. The highest BCUT2D eigenvalue weighted by atomic mass is 16.6. The summed E-state index contributed by atoms with van der Waals surface area (Å²) in [5, 5.41) is 3.38. The summed E-state index contributed by atoms with van der Waals surface area (Å²) in [5.41, 5.74) is 11.0. The van der Waals surface area contributed by atoms with Gasteiger partial charge in [0.15, 0.2) is 0 Å². The number of ether oxygens (including phenoxy) is 1. The number of anilines is 2. The second-order valence-electron chi connectivity index (χ2n) is 6.93. The molecule has 0 aliphatic carbocycles. The lowest BCUT2D eigenvalue weighted by atomic mass is 10.0. The van der Waals surface area contributed by atoms with Gasteiger partial charge in [-0.1, -0.05) is 72.8 Å². The number of carbonyl (C=O) groups is 2. The van der Waals surface area contributed by atoms with Crippen LogP contribution in [0.1, 0.15) is 20.7 Å². The lowest BCUT2D eigenvalue weighted by molar-refractivity contribution is 0.0400. The number of rotatable bonds is 2. The van der Waals surface area contributed by atoms with Crippen LogP contribution >= 0.6 is 0 Å². The average Bonchev–Trinajstić information content (AvgIpc) is 2.83. The Morgan fingerprint density at radius 2 is 1.03 bits per heavy atom. The highest BCUT2D eigenvalue weighted by Gasteiger charge is 2.18. The van der Waals surface area contributed by atoms with Crippen molar-refractivity contribution in [3.05, 3.63) is 102 Å². The van der Waals surface area contributed by atoms with Crippen molar-refractivity contribution in [1.82, 2.24) is 15.0 Å². The molecule has 0 saturated carbocycles. The maximum absolute atomic E-state index is 12.5. The molecule has 4 N–H and O–H groups in total. The predicted molar refractivity (Wildman–Crippen MR) is 126 cm³/mol. The Hall–Kier alpha value is -4.85. The lowest BCUT2D eigenvalue weighted by Crippen LogP contribution is -2.13. The number of nitrogens with zero attached hydrogens (tertiary/aromatic N) is 3. The van der Waals surface area contributed by atoms with Gasteiger partial charge in [0, 0.05) is 0 Å². The zero-order valence-electron chi connectivity index (χ0n) is 17.4. The van der Waals surface area contributed by atoms with Gasteiger partial charge in [0.25, 0.3) is 0 Å². The molecule has 0 saturated heterocycles. The molecule has 33 heavy (non-hydrogen) atoms. The zero-order chi connectivity index (χ0) is 23.2. The van der Waals surface area contributed by atoms with Gasteiger partial charge in [-0.3, -0.25) is 0 Å². The summed E-state index contributed by atoms with van der Waals surface area (Å²) in [6.07, 6.45) is 1.26. The molecule has 8 nitrogen and oxygen atoms in total. The fraction of sp³-hybridized carbons (Fsp3) is 0. The van der Waals surface area contributed by atoms with E-state index in [0.717, 1.165) is 21.5 Å². The van der Waals surface area contributed by atoms with Crippen LogP contribution < -0.4 is 11.5 Å². The first kappa shape index (κ1) is 21.4. The highest BCUT2D eigenvalue weighted by molar-refractivity contribution is 6.12. The SMILES string of the molecule is Nc1ncnc(N)n1.O=C(OC(=O)c1cccc2ccccc12)c1cccc2ccccc12. The first-order valence-corrected chi connectivity index (χ1v) is 9.95. The van der Waals surface area contributed by atoms with Crippen molar-refractivity contribution in [2.45, 2.75) is 0 Å². The van der Waals surface area contributed by atoms with Crippen molar-refractivity contribution in [2.75, 3.05) is 11.5 Å². The van der Waals surface area contributed by atoms with Crippen molar-refractivity contribution in [2.24, 2.45) is 0 Å². The Balaban J connectivity index is 0.000000275. The molecule has 8 heteroatoms. The summed E-state index contributed by atoms with van der Waals surface area (Å²) < 4.78 is 5.16. The molecule has 0 aliphatic heterocycles. The average molecular weight is 437 g/mol. The number of esters is 2. The van der Waals surface area contributed by atoms with Crippen LogP contribution in [0.3, 0.4) is 0 Å². The van der Waals surface area contributed by atoms with E-state index in [9.17, 15) is 9.59 Å². The van der Waals surface area contributed by atoms with Crippen LogP contribution in [0.4, 0.5) is 11.9 Å². The Kier molecular flexibility index (Phi) is 6.17. The maximum Gasteiger partial charge on any atom is 0.346 e. The number of aromatic nitrogens is 3. The second-order valence-corrected chi connectivity index (χ2v) is 6.93. The van der Waals surface area contributed by atoms with E-state index >= 15 is 0 Å². The monoisotopic (exact) mass is 437 g/mol. The van der Waals surface area contributed by atoms with Crippen LogP contribution in [0.15, 0.2) is 91.3 Å². The summed E-state index contributed by atoms with van der Waals surface area (Å²) in [6, 6.07) is 25.7. The van der Waals surface area contributed by atoms with Gasteiger partial charge in [0.1, 0.15) is 6.33 Å². The van der Waals surface area contributed by atoms with Gasteiger partial charge >= 0.3 is 11.9 Å². The van der Waals surface area contributed by atoms with E-state index in [1.54, 1.807) is 24.3 Å². The Morgan fingerprint density at radius 3 is 1.45 bits per heavy atom. The fourth-order valence-corrected chi connectivity index (χ4v) is 3.32. The Labute approximate surface area is 188 Å². The van der Waals surface area contributed by atoms with Gasteiger partial charge in [0.05, 0.1) is 11.1 Å². The molecule has 5 rings (SSSR count). The molecule has 0 spiro atoms. The van der Waals surface area contributed by atoms with Crippen molar-refractivity contribution >= 4 is 45.4 Å². The van der Waals surface area contributed by atoms with Crippen molar-refractivity contribution < 1.29 is 14.3 Å². The summed E-state index contributed by atoms with van der Waals surface area (Å²) in [6.45, 7) is 0. The van der Waals surface area contributed by atoms with E-state index in [0.29, 0.717) is 11.1 Å². The van der Waals surface area contributed by atoms with Crippen LogP contribution in [0, 0.1) is 0 Å². The summed E-state index contributed by atoms with van der Waals surface area (Å²) >= 11 is 0. The molecule has 1 aromatic heterocycles. The van der Waals surface area contributed by atoms with E-state index in [1.165, 1.54) is 6.33 Å². The van der Waals surface area contributed by atoms with Crippen molar-refractivity contribution in [3.8, 4) is 0 Å².